The van der Waals surface area contributed by atoms with Crippen molar-refractivity contribution in [2.75, 3.05) is 51.3 Å². The number of nitrogens with zero attached hydrogens (tertiary/aromatic N) is 3. The summed E-state index contributed by atoms with van der Waals surface area (Å²) in [6.07, 6.45) is -3.83. The molecule has 1 saturated heterocycles. The highest BCUT2D eigenvalue weighted by atomic mass is 19.4. The van der Waals surface area contributed by atoms with Crippen molar-refractivity contribution in [3.8, 4) is 17.2 Å². The summed E-state index contributed by atoms with van der Waals surface area (Å²) in [5.41, 5.74) is 0.764. The first-order valence-corrected chi connectivity index (χ1v) is 15.1. The van der Waals surface area contributed by atoms with Gasteiger partial charge in [-0.2, -0.15) is 13.2 Å². The molecule has 4 aromatic rings. The Morgan fingerprint density at radius 1 is 0.911 bits per heavy atom. The van der Waals surface area contributed by atoms with Crippen molar-refractivity contribution >= 4 is 22.8 Å². The molecule has 0 bridgehead atoms. The van der Waals surface area contributed by atoms with Gasteiger partial charge in [0.15, 0.2) is 5.60 Å². The van der Waals surface area contributed by atoms with Gasteiger partial charge >= 0.3 is 12.3 Å². The third-order valence-corrected chi connectivity index (χ3v) is 8.40. The number of unbranched alkanes of at least 4 members (excludes halogenated alkanes) is 1. The smallest absolute Gasteiger partial charge is 0.408 e. The van der Waals surface area contributed by atoms with Gasteiger partial charge in [-0.1, -0.05) is 48.5 Å². The summed E-state index contributed by atoms with van der Waals surface area (Å²) < 4.78 is 56.3. The first kappa shape index (κ1) is 30.5. The molecule has 2 aliphatic rings. The minimum Gasteiger partial charge on any atom is -0.494 e. The van der Waals surface area contributed by atoms with E-state index in [1.807, 2.05) is 53.8 Å². The van der Waals surface area contributed by atoms with Crippen LogP contribution in [0, 0.1) is 0 Å². The Bertz CT molecular complexity index is 1610. The molecule has 3 aromatic carbocycles. The molecule has 1 aromatic heterocycles. The standard InChI is InChI=1S/C34H35F3N4O4/c1-43-29-14-8-9-24-15-16-30(39-31(24)29)41-21-19-40(20-22-41)18-7-6-17-33(45-32(42)38-23-34(35,36)37)25-10-2-4-12-27(25)44-28-13-5-3-11-26(28)33/h2-5,8-16H,6-7,17-23H2,1H3,(H,38,42). The lowest BCUT2D eigenvalue weighted by Gasteiger charge is -2.40. The van der Waals surface area contributed by atoms with E-state index in [4.69, 9.17) is 19.2 Å². The second-order valence-electron chi connectivity index (χ2n) is 11.3. The van der Waals surface area contributed by atoms with Crippen LogP contribution in [0.2, 0.25) is 0 Å². The molecule has 0 spiro atoms. The Morgan fingerprint density at radius 3 is 2.27 bits per heavy atom. The van der Waals surface area contributed by atoms with Gasteiger partial charge in [-0.15, -0.1) is 0 Å². The fraction of sp³-hybridized carbons (Fsp3) is 0.353. The van der Waals surface area contributed by atoms with Gasteiger partial charge in [0.1, 0.15) is 35.1 Å². The number of piperazine rings is 1. The lowest BCUT2D eigenvalue weighted by molar-refractivity contribution is -0.124. The molecule has 0 unspecified atom stereocenters. The number of aromatic nitrogens is 1. The molecule has 11 heteroatoms. The molecule has 3 heterocycles. The fourth-order valence-corrected chi connectivity index (χ4v) is 6.20. The summed E-state index contributed by atoms with van der Waals surface area (Å²) in [6.45, 7) is 2.76. The molecule has 1 fully saturated rings. The minimum absolute atomic E-state index is 0.382. The lowest BCUT2D eigenvalue weighted by atomic mass is 9.79. The van der Waals surface area contributed by atoms with Crippen molar-refractivity contribution in [1.82, 2.24) is 15.2 Å². The van der Waals surface area contributed by atoms with Crippen molar-refractivity contribution in [2.45, 2.75) is 31.0 Å². The number of rotatable bonds is 9. The van der Waals surface area contributed by atoms with Gasteiger partial charge in [-0.3, -0.25) is 4.90 Å². The van der Waals surface area contributed by atoms with E-state index in [0.717, 1.165) is 61.6 Å². The zero-order valence-corrected chi connectivity index (χ0v) is 25.0. The highest BCUT2D eigenvalue weighted by molar-refractivity contribution is 5.86. The Kier molecular flexibility index (Phi) is 8.71. The number of halogens is 3. The van der Waals surface area contributed by atoms with Gasteiger partial charge in [0, 0.05) is 42.7 Å². The van der Waals surface area contributed by atoms with E-state index in [-0.39, 0.29) is 0 Å². The zero-order valence-electron chi connectivity index (χ0n) is 25.0. The van der Waals surface area contributed by atoms with Gasteiger partial charge in [0.05, 0.1) is 7.11 Å². The van der Waals surface area contributed by atoms with Gasteiger partial charge < -0.3 is 24.4 Å². The number of alkyl halides is 3. The number of para-hydroxylation sites is 3. The van der Waals surface area contributed by atoms with Crippen LogP contribution in [-0.2, 0) is 10.3 Å². The van der Waals surface area contributed by atoms with Gasteiger partial charge in [-0.05, 0) is 56.1 Å². The molecular formula is C34H35F3N4O4. The number of alkyl carbamates (subject to hydrolysis) is 1. The predicted octanol–water partition coefficient (Wildman–Crippen LogP) is 6.87. The fourth-order valence-electron chi connectivity index (χ4n) is 6.20. The van der Waals surface area contributed by atoms with Crippen LogP contribution in [0.15, 0.2) is 78.9 Å². The first-order chi connectivity index (χ1) is 21.8. The van der Waals surface area contributed by atoms with Crippen molar-refractivity contribution in [3.63, 3.8) is 0 Å². The molecule has 2 aliphatic heterocycles. The molecule has 1 N–H and O–H groups in total. The predicted molar refractivity (Wildman–Crippen MR) is 165 cm³/mol. The largest absolute Gasteiger partial charge is 0.494 e. The highest BCUT2D eigenvalue weighted by Crippen LogP contribution is 2.51. The Hall–Kier alpha value is -4.51. The average Bonchev–Trinajstić information content (AvgIpc) is 3.05. The van der Waals surface area contributed by atoms with Gasteiger partial charge in [-0.25, -0.2) is 9.78 Å². The number of benzene rings is 3. The maximum absolute atomic E-state index is 12.9. The van der Waals surface area contributed by atoms with Crippen molar-refractivity contribution < 1.29 is 32.2 Å². The van der Waals surface area contributed by atoms with Crippen LogP contribution in [0.1, 0.15) is 30.4 Å². The zero-order chi connectivity index (χ0) is 31.4. The molecule has 236 valence electrons. The normalized spacial score (nSPS) is 16.0. The van der Waals surface area contributed by atoms with E-state index in [1.54, 1.807) is 31.4 Å². The van der Waals surface area contributed by atoms with Crippen LogP contribution in [-0.4, -0.2) is 68.5 Å². The maximum atomic E-state index is 12.9. The molecule has 0 aliphatic carbocycles. The van der Waals surface area contributed by atoms with Crippen molar-refractivity contribution in [2.24, 2.45) is 0 Å². The molecule has 0 radical (unpaired) electrons. The molecule has 0 saturated carbocycles. The van der Waals surface area contributed by atoms with E-state index in [9.17, 15) is 18.0 Å². The quantitative estimate of drug-likeness (QED) is 0.205. The molecule has 8 nitrogen and oxygen atoms in total. The van der Waals surface area contributed by atoms with Gasteiger partial charge in [0.2, 0.25) is 0 Å². The van der Waals surface area contributed by atoms with E-state index < -0.39 is 24.4 Å². The van der Waals surface area contributed by atoms with Crippen LogP contribution >= 0.6 is 0 Å². The first-order valence-electron chi connectivity index (χ1n) is 15.1. The second kappa shape index (κ2) is 12.8. The van der Waals surface area contributed by atoms with E-state index in [0.29, 0.717) is 35.5 Å². The Labute approximate surface area is 259 Å². The number of carbonyl (C=O) groups is 1. The summed E-state index contributed by atoms with van der Waals surface area (Å²) in [5, 5.41) is 2.91. The molecule has 45 heavy (non-hydrogen) atoms. The number of hydrogen-bond donors (Lipinski definition) is 1. The lowest BCUT2D eigenvalue weighted by Crippen LogP contribution is -2.47. The van der Waals surface area contributed by atoms with E-state index >= 15 is 0 Å². The van der Waals surface area contributed by atoms with Crippen LogP contribution in [0.25, 0.3) is 10.9 Å². The molecule has 1 amide bonds. The SMILES string of the molecule is COc1cccc2ccc(N3CCN(CCCCC4(OC(=O)NCC(F)(F)F)c5ccccc5Oc5ccccc54)CC3)nc12. The number of anilines is 1. The number of pyridine rings is 1. The highest BCUT2D eigenvalue weighted by Gasteiger charge is 2.45. The van der Waals surface area contributed by atoms with Crippen LogP contribution in [0.5, 0.6) is 17.2 Å². The van der Waals surface area contributed by atoms with Crippen LogP contribution in [0.3, 0.4) is 0 Å². The van der Waals surface area contributed by atoms with E-state index in [1.165, 1.54) is 0 Å². The number of methoxy groups -OCH3 is 1. The maximum Gasteiger partial charge on any atom is 0.408 e. The van der Waals surface area contributed by atoms with Crippen LogP contribution < -0.4 is 19.7 Å². The third-order valence-electron chi connectivity index (χ3n) is 8.40. The number of carbonyl (C=O) groups excluding carboxylic acids is 1. The minimum atomic E-state index is -4.56. The Morgan fingerprint density at radius 2 is 1.60 bits per heavy atom. The third kappa shape index (κ3) is 6.63. The molecule has 0 atom stereocenters. The molecular weight excluding hydrogens is 585 g/mol. The second-order valence-corrected chi connectivity index (χ2v) is 11.3. The summed E-state index contributed by atoms with van der Waals surface area (Å²) in [5.74, 6) is 2.69. The summed E-state index contributed by atoms with van der Waals surface area (Å²) >= 11 is 0. The summed E-state index contributed by atoms with van der Waals surface area (Å²) in [7, 11) is 1.65. The van der Waals surface area contributed by atoms with Crippen molar-refractivity contribution in [1.29, 1.82) is 0 Å². The van der Waals surface area contributed by atoms with E-state index in [2.05, 4.69) is 15.9 Å². The number of fused-ring (bicyclic) bond motifs is 3. The summed E-state index contributed by atoms with van der Waals surface area (Å²) in [6, 6.07) is 24.4. The Balaban J connectivity index is 1.12. The number of amides is 1. The van der Waals surface area contributed by atoms with Crippen LogP contribution in [0.4, 0.5) is 23.8 Å². The molecule has 6 rings (SSSR count). The summed E-state index contributed by atoms with van der Waals surface area (Å²) in [4.78, 5) is 22.4. The van der Waals surface area contributed by atoms with Crippen molar-refractivity contribution in [3.05, 3.63) is 90.0 Å². The number of hydrogen-bond acceptors (Lipinski definition) is 7. The topological polar surface area (TPSA) is 76.2 Å². The average molecular weight is 621 g/mol. The van der Waals surface area contributed by atoms with Gasteiger partial charge in [0.25, 0.3) is 0 Å². The monoisotopic (exact) mass is 620 g/mol. The number of ether oxygens (including phenoxy) is 3. The number of nitrogens with one attached hydrogen (secondary N) is 1.